The summed E-state index contributed by atoms with van der Waals surface area (Å²) in [6.45, 7) is 10.2. The zero-order valence-corrected chi connectivity index (χ0v) is 18.5. The first-order valence-corrected chi connectivity index (χ1v) is 11.4. The van der Waals surface area contributed by atoms with E-state index in [0.717, 1.165) is 58.1 Å². The summed E-state index contributed by atoms with van der Waals surface area (Å²) in [6.07, 6.45) is 0. The van der Waals surface area contributed by atoms with Gasteiger partial charge in [-0.25, -0.2) is 9.97 Å². The molecule has 3 heterocycles. The van der Waals surface area contributed by atoms with Gasteiger partial charge >= 0.3 is 0 Å². The molecule has 1 saturated heterocycles. The molecule has 7 heteroatoms. The Balaban J connectivity index is 1.36. The first kappa shape index (κ1) is 18.2. The fraction of sp³-hybridized carbons (Fsp3) is 0.333. The number of aromatic nitrogens is 2. The summed E-state index contributed by atoms with van der Waals surface area (Å²) in [5.41, 5.74) is 5.82. The Morgan fingerprint density at radius 1 is 0.893 bits per heavy atom. The van der Waals surface area contributed by atoms with Gasteiger partial charge in [-0.05, 0) is 55.7 Å². The normalized spacial score (nSPS) is 15.1. The molecular formula is C21H21ClN4S2. The summed E-state index contributed by atoms with van der Waals surface area (Å²) < 4.78 is 2.51. The second-order valence-electron chi connectivity index (χ2n) is 7.42. The lowest BCUT2D eigenvalue weighted by Crippen LogP contribution is -2.46. The van der Waals surface area contributed by atoms with Crippen molar-refractivity contribution in [2.45, 2.75) is 20.8 Å². The van der Waals surface area contributed by atoms with Crippen LogP contribution in [0, 0.1) is 20.8 Å². The minimum atomic E-state index is 0.788. The molecule has 0 spiro atoms. The van der Waals surface area contributed by atoms with Crippen molar-refractivity contribution in [3.8, 4) is 0 Å². The molecule has 28 heavy (non-hydrogen) atoms. The fourth-order valence-electron chi connectivity index (χ4n) is 3.81. The number of halogens is 1. The quantitative estimate of drug-likeness (QED) is 0.403. The molecule has 0 saturated carbocycles. The SMILES string of the molecule is Cc1cc(C)c2sc(N3CCN(c4nc5c(C)c(Cl)ccc5s4)CC3)nc2c1. The number of benzene rings is 2. The van der Waals surface area contributed by atoms with Crippen LogP contribution in [0.2, 0.25) is 5.02 Å². The third kappa shape index (κ3) is 3.04. The summed E-state index contributed by atoms with van der Waals surface area (Å²) in [5.74, 6) is 0. The topological polar surface area (TPSA) is 32.3 Å². The minimum Gasteiger partial charge on any atom is -0.345 e. The Bertz CT molecular complexity index is 1180. The van der Waals surface area contributed by atoms with Gasteiger partial charge in [0.2, 0.25) is 0 Å². The predicted octanol–water partition coefficient (Wildman–Crippen LogP) is 5.81. The van der Waals surface area contributed by atoms with Crippen LogP contribution in [0.15, 0.2) is 24.3 Å². The summed E-state index contributed by atoms with van der Waals surface area (Å²) >= 11 is 9.83. The van der Waals surface area contributed by atoms with Gasteiger partial charge in [-0.2, -0.15) is 0 Å². The lowest BCUT2D eigenvalue weighted by molar-refractivity contribution is 0.651. The van der Waals surface area contributed by atoms with E-state index >= 15 is 0 Å². The fourth-order valence-corrected chi connectivity index (χ4v) is 6.11. The van der Waals surface area contributed by atoms with Crippen LogP contribution in [0.25, 0.3) is 20.4 Å². The molecular weight excluding hydrogens is 408 g/mol. The van der Waals surface area contributed by atoms with Crippen molar-refractivity contribution >= 4 is 65.0 Å². The summed E-state index contributed by atoms with van der Waals surface area (Å²) in [5, 5.41) is 3.02. The third-order valence-corrected chi connectivity index (χ3v) is 8.12. The molecule has 1 aliphatic heterocycles. The Hall–Kier alpha value is -1.89. The molecule has 0 atom stereocenters. The molecule has 2 aromatic carbocycles. The predicted molar refractivity (Wildman–Crippen MR) is 123 cm³/mol. The molecule has 0 aliphatic carbocycles. The molecule has 1 fully saturated rings. The second-order valence-corrected chi connectivity index (χ2v) is 9.81. The first-order valence-electron chi connectivity index (χ1n) is 9.43. The molecule has 4 aromatic rings. The summed E-state index contributed by atoms with van der Waals surface area (Å²) in [4.78, 5) is 14.6. The number of rotatable bonds is 2. The monoisotopic (exact) mass is 428 g/mol. The smallest absolute Gasteiger partial charge is 0.186 e. The van der Waals surface area contributed by atoms with Gasteiger partial charge in [0.1, 0.15) is 0 Å². The van der Waals surface area contributed by atoms with Crippen molar-refractivity contribution in [2.24, 2.45) is 0 Å². The number of thiazole rings is 2. The zero-order valence-electron chi connectivity index (χ0n) is 16.1. The largest absolute Gasteiger partial charge is 0.345 e. The number of anilines is 2. The first-order chi connectivity index (χ1) is 13.5. The summed E-state index contributed by atoms with van der Waals surface area (Å²) in [7, 11) is 0. The van der Waals surface area contributed by atoms with Gasteiger partial charge in [0.25, 0.3) is 0 Å². The molecule has 144 valence electrons. The number of aryl methyl sites for hydroxylation is 3. The molecule has 2 aromatic heterocycles. The van der Waals surface area contributed by atoms with E-state index in [1.807, 2.05) is 24.3 Å². The van der Waals surface area contributed by atoms with Crippen molar-refractivity contribution in [3.05, 3.63) is 46.0 Å². The van der Waals surface area contributed by atoms with E-state index in [1.54, 1.807) is 11.3 Å². The van der Waals surface area contributed by atoms with Gasteiger partial charge in [-0.15, -0.1) is 0 Å². The molecule has 0 amide bonds. The molecule has 0 N–H and O–H groups in total. The van der Waals surface area contributed by atoms with Crippen LogP contribution in [-0.4, -0.2) is 36.1 Å². The average molecular weight is 429 g/mol. The standard InChI is InChI=1S/C21H21ClN4S2/c1-12-10-13(2)19-16(11-12)23-20(28-19)25-6-8-26(9-7-25)21-24-18-14(3)15(22)4-5-17(18)27-21/h4-5,10-11H,6-9H2,1-3H3. The van der Waals surface area contributed by atoms with E-state index in [4.69, 9.17) is 21.6 Å². The Kier molecular flexibility index (Phi) is 4.45. The second kappa shape index (κ2) is 6.87. The van der Waals surface area contributed by atoms with E-state index in [1.165, 1.54) is 20.5 Å². The maximum absolute atomic E-state index is 6.26. The Labute approximate surface area is 177 Å². The third-order valence-electron chi connectivity index (χ3n) is 5.37. The van der Waals surface area contributed by atoms with Crippen molar-refractivity contribution in [2.75, 3.05) is 36.0 Å². The number of piperazine rings is 1. The van der Waals surface area contributed by atoms with Gasteiger partial charge in [-0.1, -0.05) is 40.3 Å². The van der Waals surface area contributed by atoms with Gasteiger partial charge in [-0.3, -0.25) is 0 Å². The lowest BCUT2D eigenvalue weighted by Gasteiger charge is -2.34. The molecule has 0 bridgehead atoms. The highest BCUT2D eigenvalue weighted by atomic mass is 35.5. The lowest BCUT2D eigenvalue weighted by atomic mass is 10.1. The van der Waals surface area contributed by atoms with E-state index < -0.39 is 0 Å². The van der Waals surface area contributed by atoms with Gasteiger partial charge < -0.3 is 9.80 Å². The van der Waals surface area contributed by atoms with Crippen molar-refractivity contribution < 1.29 is 0 Å². The Morgan fingerprint density at radius 2 is 1.57 bits per heavy atom. The van der Waals surface area contributed by atoms with Crippen molar-refractivity contribution in [3.63, 3.8) is 0 Å². The molecule has 0 unspecified atom stereocenters. The van der Waals surface area contributed by atoms with Gasteiger partial charge in [0.05, 0.1) is 20.4 Å². The number of fused-ring (bicyclic) bond motifs is 2. The van der Waals surface area contributed by atoms with Gasteiger partial charge in [0.15, 0.2) is 10.3 Å². The van der Waals surface area contributed by atoms with Gasteiger partial charge in [0, 0.05) is 31.2 Å². The Morgan fingerprint density at radius 3 is 2.29 bits per heavy atom. The van der Waals surface area contributed by atoms with E-state index in [9.17, 15) is 0 Å². The molecule has 1 aliphatic rings. The molecule has 4 nitrogen and oxygen atoms in total. The minimum absolute atomic E-state index is 0.788. The molecule has 0 radical (unpaired) electrons. The number of nitrogens with zero attached hydrogens (tertiary/aromatic N) is 4. The summed E-state index contributed by atoms with van der Waals surface area (Å²) in [6, 6.07) is 8.47. The highest BCUT2D eigenvalue weighted by Gasteiger charge is 2.23. The van der Waals surface area contributed by atoms with Crippen molar-refractivity contribution in [1.82, 2.24) is 9.97 Å². The van der Waals surface area contributed by atoms with Crippen LogP contribution < -0.4 is 9.80 Å². The van der Waals surface area contributed by atoms with Crippen LogP contribution in [0.4, 0.5) is 10.3 Å². The maximum Gasteiger partial charge on any atom is 0.186 e. The maximum atomic E-state index is 6.26. The molecule has 5 rings (SSSR count). The number of hydrogen-bond acceptors (Lipinski definition) is 6. The van der Waals surface area contributed by atoms with Crippen LogP contribution >= 0.6 is 34.3 Å². The van der Waals surface area contributed by atoms with E-state index in [2.05, 4.69) is 41.8 Å². The van der Waals surface area contributed by atoms with Crippen LogP contribution in [0.3, 0.4) is 0 Å². The highest BCUT2D eigenvalue weighted by molar-refractivity contribution is 7.22. The van der Waals surface area contributed by atoms with E-state index in [-0.39, 0.29) is 0 Å². The van der Waals surface area contributed by atoms with E-state index in [0.29, 0.717) is 0 Å². The highest BCUT2D eigenvalue weighted by Crippen LogP contribution is 2.35. The van der Waals surface area contributed by atoms with Crippen LogP contribution in [0.1, 0.15) is 16.7 Å². The number of hydrogen-bond donors (Lipinski definition) is 0. The average Bonchev–Trinajstić information content (AvgIpc) is 3.30. The van der Waals surface area contributed by atoms with Crippen LogP contribution in [-0.2, 0) is 0 Å². The van der Waals surface area contributed by atoms with Crippen molar-refractivity contribution in [1.29, 1.82) is 0 Å². The van der Waals surface area contributed by atoms with Crippen LogP contribution in [0.5, 0.6) is 0 Å². The zero-order chi connectivity index (χ0) is 19.4.